The number of hydrogen-bond donors (Lipinski definition) is 1. The van der Waals surface area contributed by atoms with Crippen molar-refractivity contribution < 1.29 is 9.59 Å². The van der Waals surface area contributed by atoms with Crippen molar-refractivity contribution in [2.75, 3.05) is 0 Å². The summed E-state index contributed by atoms with van der Waals surface area (Å²) in [6, 6.07) is 4.62. The van der Waals surface area contributed by atoms with Gasteiger partial charge >= 0.3 is 6.03 Å². The number of amides is 3. The highest BCUT2D eigenvalue weighted by Crippen LogP contribution is 2.28. The zero-order valence-electron chi connectivity index (χ0n) is 15.4. The van der Waals surface area contributed by atoms with Crippen molar-refractivity contribution in [1.29, 1.82) is 0 Å². The van der Waals surface area contributed by atoms with Gasteiger partial charge in [0.1, 0.15) is 11.2 Å². The lowest BCUT2D eigenvalue weighted by atomic mass is 9.88. The zero-order valence-corrected chi connectivity index (χ0v) is 15.4. The van der Waals surface area contributed by atoms with E-state index in [0.717, 1.165) is 18.4 Å². The molecular formula is C19H24N4O3. The molecule has 2 aromatic rings. The van der Waals surface area contributed by atoms with Crippen LogP contribution in [-0.4, -0.2) is 31.8 Å². The molecule has 1 aliphatic heterocycles. The Morgan fingerprint density at radius 3 is 2.50 bits per heavy atom. The van der Waals surface area contributed by atoms with Crippen molar-refractivity contribution in [2.24, 2.45) is 0 Å². The molecule has 0 aromatic carbocycles. The van der Waals surface area contributed by atoms with E-state index >= 15 is 0 Å². The van der Waals surface area contributed by atoms with Crippen LogP contribution in [0.5, 0.6) is 0 Å². The Morgan fingerprint density at radius 1 is 1.15 bits per heavy atom. The number of pyridine rings is 1. The normalized spacial score (nSPS) is 16.3. The molecule has 1 N–H and O–H groups in total. The van der Waals surface area contributed by atoms with Gasteiger partial charge in [0.15, 0.2) is 0 Å². The van der Waals surface area contributed by atoms with Gasteiger partial charge in [0.05, 0.1) is 12.2 Å². The number of imide groups is 1. The molecule has 1 fully saturated rings. The maximum Gasteiger partial charge on any atom is 0.325 e. The average molecular weight is 356 g/mol. The van der Waals surface area contributed by atoms with Crippen molar-refractivity contribution in [3.63, 3.8) is 0 Å². The first kappa shape index (κ1) is 18.1. The van der Waals surface area contributed by atoms with E-state index in [4.69, 9.17) is 0 Å². The molecule has 0 atom stereocenters. The van der Waals surface area contributed by atoms with Gasteiger partial charge in [-0.25, -0.2) is 9.78 Å². The molecule has 7 nitrogen and oxygen atoms in total. The van der Waals surface area contributed by atoms with Gasteiger partial charge < -0.3 is 5.32 Å². The lowest BCUT2D eigenvalue weighted by molar-refractivity contribution is -0.132. The fourth-order valence-corrected chi connectivity index (χ4v) is 3.69. The van der Waals surface area contributed by atoms with Gasteiger partial charge in [0.25, 0.3) is 11.5 Å². The summed E-state index contributed by atoms with van der Waals surface area (Å²) >= 11 is 0. The monoisotopic (exact) mass is 356 g/mol. The van der Waals surface area contributed by atoms with Crippen LogP contribution in [0.25, 0.3) is 5.65 Å². The van der Waals surface area contributed by atoms with Crippen molar-refractivity contribution in [3.8, 4) is 0 Å². The maximum atomic E-state index is 13.0. The molecule has 3 amide bonds. The van der Waals surface area contributed by atoms with Gasteiger partial charge in [-0.1, -0.05) is 32.8 Å². The molecule has 0 unspecified atom stereocenters. The number of aryl methyl sites for hydroxylation is 1. The molecule has 2 aromatic heterocycles. The lowest BCUT2D eigenvalue weighted by Crippen LogP contribution is -2.46. The number of nitrogens with one attached hydrogen (secondary N) is 1. The van der Waals surface area contributed by atoms with Crippen LogP contribution < -0.4 is 10.9 Å². The molecule has 0 spiro atoms. The molecule has 138 valence electrons. The lowest BCUT2D eigenvalue weighted by Gasteiger charge is -2.25. The third-order valence-electron chi connectivity index (χ3n) is 4.86. The number of urea groups is 1. The first-order valence-corrected chi connectivity index (χ1v) is 9.04. The average Bonchev–Trinajstić information content (AvgIpc) is 2.81. The van der Waals surface area contributed by atoms with Crippen LogP contribution in [0.2, 0.25) is 0 Å². The quantitative estimate of drug-likeness (QED) is 0.806. The minimum atomic E-state index is -0.831. The van der Waals surface area contributed by atoms with E-state index in [1.165, 1.54) is 15.4 Å². The van der Waals surface area contributed by atoms with Crippen LogP contribution >= 0.6 is 0 Å². The summed E-state index contributed by atoms with van der Waals surface area (Å²) < 4.78 is 1.46. The van der Waals surface area contributed by atoms with Gasteiger partial charge in [0.2, 0.25) is 0 Å². The predicted molar refractivity (Wildman–Crippen MR) is 97.8 cm³/mol. The molecule has 0 radical (unpaired) electrons. The zero-order chi connectivity index (χ0) is 18.9. The van der Waals surface area contributed by atoms with Gasteiger partial charge in [-0.2, -0.15) is 0 Å². The Bertz CT molecular complexity index is 913. The molecule has 0 aliphatic carbocycles. The third-order valence-corrected chi connectivity index (χ3v) is 4.86. The second-order valence-corrected chi connectivity index (χ2v) is 6.87. The number of hydrogen-bond acceptors (Lipinski definition) is 4. The van der Waals surface area contributed by atoms with E-state index < -0.39 is 11.6 Å². The minimum Gasteiger partial charge on any atom is -0.323 e. The van der Waals surface area contributed by atoms with Gasteiger partial charge in [0, 0.05) is 12.3 Å². The highest BCUT2D eigenvalue weighted by Gasteiger charge is 2.49. The van der Waals surface area contributed by atoms with Crippen LogP contribution in [0.3, 0.4) is 0 Å². The highest BCUT2D eigenvalue weighted by molar-refractivity contribution is 6.06. The summed E-state index contributed by atoms with van der Waals surface area (Å²) in [7, 11) is 0. The molecule has 1 aliphatic rings. The molecule has 7 heteroatoms. The molecule has 1 saturated heterocycles. The number of aromatic nitrogens is 2. The number of rotatable bonds is 6. The summed E-state index contributed by atoms with van der Waals surface area (Å²) in [6.45, 7) is 5.86. The SMILES string of the molecule is CCCC1(CCC)NC(=O)N(Cc2cc(=O)n3cccc(C)c3n2)C1=O. The highest BCUT2D eigenvalue weighted by atomic mass is 16.2. The Hall–Kier alpha value is -2.70. The molecule has 26 heavy (non-hydrogen) atoms. The number of carbonyl (C=O) groups is 2. The second kappa shape index (κ2) is 6.90. The van der Waals surface area contributed by atoms with Crippen LogP contribution in [0.4, 0.5) is 4.79 Å². The van der Waals surface area contributed by atoms with E-state index in [2.05, 4.69) is 10.3 Å². The van der Waals surface area contributed by atoms with Crippen LogP contribution in [0.1, 0.15) is 50.8 Å². The van der Waals surface area contributed by atoms with E-state index in [1.54, 1.807) is 12.3 Å². The van der Waals surface area contributed by atoms with E-state index in [0.29, 0.717) is 24.2 Å². The molecule has 0 saturated carbocycles. The largest absolute Gasteiger partial charge is 0.325 e. The van der Waals surface area contributed by atoms with Crippen molar-refractivity contribution in [3.05, 3.63) is 46.0 Å². The van der Waals surface area contributed by atoms with Gasteiger partial charge in [-0.05, 0) is 31.4 Å². The summed E-state index contributed by atoms with van der Waals surface area (Å²) in [5.74, 6) is -0.224. The van der Waals surface area contributed by atoms with Crippen molar-refractivity contribution in [1.82, 2.24) is 19.6 Å². The summed E-state index contributed by atoms with van der Waals surface area (Å²) in [4.78, 5) is 43.4. The van der Waals surface area contributed by atoms with Gasteiger partial charge in [-0.3, -0.25) is 18.9 Å². The predicted octanol–water partition coefficient (Wildman–Crippen LogP) is 2.39. The molecular weight excluding hydrogens is 332 g/mol. The first-order valence-electron chi connectivity index (χ1n) is 9.04. The Labute approximate surface area is 152 Å². The summed E-state index contributed by atoms with van der Waals surface area (Å²) in [6.07, 6.45) is 4.47. The topological polar surface area (TPSA) is 83.8 Å². The number of nitrogens with zero attached hydrogens (tertiary/aromatic N) is 3. The summed E-state index contributed by atoms with van der Waals surface area (Å²) in [5.41, 5.74) is 0.749. The number of fused-ring (bicyclic) bond motifs is 1. The van der Waals surface area contributed by atoms with E-state index in [1.807, 2.05) is 26.8 Å². The van der Waals surface area contributed by atoms with Gasteiger partial charge in [-0.15, -0.1) is 0 Å². The summed E-state index contributed by atoms with van der Waals surface area (Å²) in [5, 5.41) is 2.88. The van der Waals surface area contributed by atoms with Crippen molar-refractivity contribution >= 4 is 17.6 Å². The van der Waals surface area contributed by atoms with Crippen LogP contribution in [0, 0.1) is 6.92 Å². The third kappa shape index (κ3) is 2.98. The first-order chi connectivity index (χ1) is 12.4. The van der Waals surface area contributed by atoms with E-state index in [-0.39, 0.29) is 18.0 Å². The Kier molecular flexibility index (Phi) is 4.80. The standard InChI is InChI=1S/C19H24N4O3/c1-4-8-19(9-5-2)17(25)23(18(26)21-19)12-14-11-15(24)22-10-6-7-13(3)16(22)20-14/h6-7,10-11H,4-5,8-9,12H2,1-3H3,(H,21,26). The van der Waals surface area contributed by atoms with Crippen LogP contribution in [0.15, 0.2) is 29.2 Å². The fraction of sp³-hybridized carbons (Fsp3) is 0.474. The van der Waals surface area contributed by atoms with E-state index in [9.17, 15) is 14.4 Å². The Balaban J connectivity index is 1.95. The van der Waals surface area contributed by atoms with Crippen molar-refractivity contribution in [2.45, 2.75) is 58.5 Å². The number of carbonyl (C=O) groups excluding carboxylic acids is 2. The second-order valence-electron chi connectivity index (χ2n) is 6.87. The smallest absolute Gasteiger partial charge is 0.323 e. The Morgan fingerprint density at radius 2 is 1.85 bits per heavy atom. The minimum absolute atomic E-state index is 0.0000798. The fourth-order valence-electron chi connectivity index (χ4n) is 3.69. The molecule has 3 heterocycles. The maximum absolute atomic E-state index is 13.0. The van der Waals surface area contributed by atoms with Crippen LogP contribution in [-0.2, 0) is 11.3 Å². The molecule has 0 bridgehead atoms. The molecule has 3 rings (SSSR count).